The van der Waals surface area contributed by atoms with Crippen LogP contribution in [-0.4, -0.2) is 19.1 Å². The summed E-state index contributed by atoms with van der Waals surface area (Å²) >= 11 is 3.47. The summed E-state index contributed by atoms with van der Waals surface area (Å²) in [7, 11) is 1.42. The Hall–Kier alpha value is -1.55. The Morgan fingerprint density at radius 2 is 1.80 bits per heavy atom. The van der Waals surface area contributed by atoms with Crippen LogP contribution in [0.5, 0.6) is 0 Å². The van der Waals surface area contributed by atoms with Gasteiger partial charge in [-0.25, -0.2) is 0 Å². The maximum absolute atomic E-state index is 11.5. The molecule has 0 radical (unpaired) electrons. The zero-order valence-electron chi connectivity index (χ0n) is 11.8. The van der Waals surface area contributed by atoms with E-state index in [-0.39, 0.29) is 17.9 Å². The molecule has 0 aliphatic carbocycles. The van der Waals surface area contributed by atoms with E-state index in [0.29, 0.717) is 0 Å². The normalized spacial score (nSPS) is 13.8. The molecule has 2 unspecified atom stereocenters. The number of nitrogens with one attached hydrogen (secondary N) is 1. The van der Waals surface area contributed by atoms with Crippen LogP contribution in [0.2, 0.25) is 0 Å². The zero-order valence-corrected chi connectivity index (χ0v) is 13.4. The van der Waals surface area contributed by atoms with Gasteiger partial charge >= 0.3 is 5.97 Å². The van der Waals surface area contributed by atoms with E-state index < -0.39 is 0 Å². The maximum atomic E-state index is 11.5. The summed E-state index contributed by atoms with van der Waals surface area (Å²) in [5, 5.41) is 5.69. The first-order valence-electron chi connectivity index (χ1n) is 6.55. The van der Waals surface area contributed by atoms with Gasteiger partial charge in [-0.05, 0) is 48.9 Å². The number of carbonyl (C=O) groups is 1. The number of rotatable bonds is 4. The average molecular weight is 336 g/mol. The fourth-order valence-electron chi connectivity index (χ4n) is 2.08. The standard InChI is InChI=1S/C16H18BrNO2/c1-10(16(19)20-3)11(2)18-15-7-5-12-8-14(17)6-4-13(12)9-15/h4-11,18H,1-3H3. The van der Waals surface area contributed by atoms with Crippen molar-refractivity contribution < 1.29 is 9.53 Å². The Morgan fingerprint density at radius 3 is 2.50 bits per heavy atom. The predicted octanol–water partition coefficient (Wildman–Crippen LogP) is 4.21. The highest BCUT2D eigenvalue weighted by Gasteiger charge is 2.20. The number of carbonyl (C=O) groups excluding carboxylic acids is 1. The molecule has 20 heavy (non-hydrogen) atoms. The summed E-state index contributed by atoms with van der Waals surface area (Å²) in [6.07, 6.45) is 0. The van der Waals surface area contributed by atoms with Crippen molar-refractivity contribution in [3.05, 3.63) is 40.9 Å². The molecule has 2 atom stereocenters. The molecule has 2 rings (SSSR count). The van der Waals surface area contributed by atoms with Crippen molar-refractivity contribution in [2.45, 2.75) is 19.9 Å². The van der Waals surface area contributed by atoms with Gasteiger partial charge < -0.3 is 10.1 Å². The van der Waals surface area contributed by atoms with Crippen molar-refractivity contribution >= 4 is 38.4 Å². The van der Waals surface area contributed by atoms with Crippen molar-refractivity contribution in [3.8, 4) is 0 Å². The summed E-state index contributed by atoms with van der Waals surface area (Å²) in [6.45, 7) is 3.84. The van der Waals surface area contributed by atoms with Gasteiger partial charge in [-0.1, -0.05) is 28.1 Å². The van der Waals surface area contributed by atoms with Crippen LogP contribution in [-0.2, 0) is 9.53 Å². The number of hydrogen-bond donors (Lipinski definition) is 1. The second-order valence-electron chi connectivity index (χ2n) is 4.95. The minimum atomic E-state index is -0.199. The van der Waals surface area contributed by atoms with Crippen LogP contribution >= 0.6 is 15.9 Å². The summed E-state index contributed by atoms with van der Waals surface area (Å²) in [6, 6.07) is 12.4. The van der Waals surface area contributed by atoms with Crippen molar-refractivity contribution in [1.82, 2.24) is 0 Å². The largest absolute Gasteiger partial charge is 0.469 e. The van der Waals surface area contributed by atoms with Gasteiger partial charge in [0.15, 0.2) is 0 Å². The van der Waals surface area contributed by atoms with E-state index in [9.17, 15) is 4.79 Å². The highest BCUT2D eigenvalue weighted by atomic mass is 79.9. The molecule has 106 valence electrons. The van der Waals surface area contributed by atoms with E-state index in [1.807, 2.05) is 26.0 Å². The lowest BCUT2D eigenvalue weighted by atomic mass is 10.0. The van der Waals surface area contributed by atoms with Crippen LogP contribution in [0, 0.1) is 5.92 Å². The molecule has 0 saturated heterocycles. The molecule has 0 aliphatic heterocycles. The van der Waals surface area contributed by atoms with Gasteiger partial charge in [-0.15, -0.1) is 0 Å². The average Bonchev–Trinajstić information content (AvgIpc) is 2.45. The van der Waals surface area contributed by atoms with Crippen LogP contribution in [0.1, 0.15) is 13.8 Å². The summed E-state index contributed by atoms with van der Waals surface area (Å²) < 4.78 is 5.84. The smallest absolute Gasteiger partial charge is 0.310 e. The number of fused-ring (bicyclic) bond motifs is 1. The van der Waals surface area contributed by atoms with Crippen LogP contribution < -0.4 is 5.32 Å². The molecule has 0 spiro atoms. The summed E-state index contributed by atoms with van der Waals surface area (Å²) in [5.74, 6) is -0.393. The van der Waals surface area contributed by atoms with Gasteiger partial charge in [-0.2, -0.15) is 0 Å². The highest BCUT2D eigenvalue weighted by molar-refractivity contribution is 9.10. The fourth-order valence-corrected chi connectivity index (χ4v) is 2.46. The molecule has 0 aromatic heterocycles. The van der Waals surface area contributed by atoms with Crippen LogP contribution in [0.3, 0.4) is 0 Å². The zero-order chi connectivity index (χ0) is 14.7. The minimum absolute atomic E-state index is 0.00958. The molecule has 2 aromatic rings. The predicted molar refractivity (Wildman–Crippen MR) is 85.9 cm³/mol. The Kier molecular flexibility index (Phi) is 4.65. The molecule has 0 saturated carbocycles. The first-order valence-corrected chi connectivity index (χ1v) is 7.34. The maximum Gasteiger partial charge on any atom is 0.310 e. The summed E-state index contributed by atoms with van der Waals surface area (Å²) in [4.78, 5) is 11.5. The fraction of sp³-hybridized carbons (Fsp3) is 0.312. The monoisotopic (exact) mass is 335 g/mol. The van der Waals surface area contributed by atoms with E-state index in [0.717, 1.165) is 15.5 Å². The van der Waals surface area contributed by atoms with E-state index in [4.69, 9.17) is 4.74 Å². The molecule has 0 heterocycles. The topological polar surface area (TPSA) is 38.3 Å². The first kappa shape index (κ1) is 14.9. The third-order valence-electron chi connectivity index (χ3n) is 3.52. The third-order valence-corrected chi connectivity index (χ3v) is 4.01. The molecular formula is C16H18BrNO2. The lowest BCUT2D eigenvalue weighted by molar-refractivity contribution is -0.145. The number of benzene rings is 2. The second kappa shape index (κ2) is 6.27. The lowest BCUT2D eigenvalue weighted by Crippen LogP contribution is -2.30. The van der Waals surface area contributed by atoms with Gasteiger partial charge in [0.2, 0.25) is 0 Å². The van der Waals surface area contributed by atoms with Crippen molar-refractivity contribution in [2.24, 2.45) is 5.92 Å². The molecular weight excluding hydrogens is 318 g/mol. The van der Waals surface area contributed by atoms with Crippen molar-refractivity contribution in [1.29, 1.82) is 0 Å². The van der Waals surface area contributed by atoms with Crippen LogP contribution in [0.15, 0.2) is 40.9 Å². The van der Waals surface area contributed by atoms with E-state index in [1.54, 1.807) is 0 Å². The summed E-state index contributed by atoms with van der Waals surface area (Å²) in [5.41, 5.74) is 1.00. The Labute approximate surface area is 127 Å². The minimum Gasteiger partial charge on any atom is -0.469 e. The Morgan fingerprint density at radius 1 is 1.15 bits per heavy atom. The number of esters is 1. The first-order chi connectivity index (χ1) is 9.51. The van der Waals surface area contributed by atoms with Crippen molar-refractivity contribution in [3.63, 3.8) is 0 Å². The van der Waals surface area contributed by atoms with Crippen molar-refractivity contribution in [2.75, 3.05) is 12.4 Å². The van der Waals surface area contributed by atoms with Gasteiger partial charge in [0, 0.05) is 16.2 Å². The quantitative estimate of drug-likeness (QED) is 0.850. The number of anilines is 1. The molecule has 1 N–H and O–H groups in total. The third kappa shape index (κ3) is 3.31. The number of ether oxygens (including phenoxy) is 1. The Balaban J connectivity index is 2.17. The molecule has 2 aromatic carbocycles. The molecule has 0 aliphatic rings. The highest BCUT2D eigenvalue weighted by Crippen LogP contribution is 2.24. The van der Waals surface area contributed by atoms with Gasteiger partial charge in [0.05, 0.1) is 13.0 Å². The van der Waals surface area contributed by atoms with Gasteiger partial charge in [0.1, 0.15) is 0 Å². The van der Waals surface area contributed by atoms with E-state index in [2.05, 4.69) is 45.5 Å². The SMILES string of the molecule is COC(=O)C(C)C(C)Nc1ccc2cc(Br)ccc2c1. The number of halogens is 1. The molecule has 3 nitrogen and oxygen atoms in total. The van der Waals surface area contributed by atoms with E-state index >= 15 is 0 Å². The molecule has 4 heteroatoms. The molecule has 0 fully saturated rings. The van der Waals surface area contributed by atoms with Crippen LogP contribution in [0.4, 0.5) is 5.69 Å². The van der Waals surface area contributed by atoms with Crippen LogP contribution in [0.25, 0.3) is 10.8 Å². The second-order valence-corrected chi connectivity index (χ2v) is 5.87. The van der Waals surface area contributed by atoms with Gasteiger partial charge in [-0.3, -0.25) is 4.79 Å². The molecule has 0 amide bonds. The lowest BCUT2D eigenvalue weighted by Gasteiger charge is -2.20. The Bertz CT molecular complexity index is 627. The van der Waals surface area contributed by atoms with E-state index in [1.165, 1.54) is 12.5 Å². The number of hydrogen-bond acceptors (Lipinski definition) is 3. The number of methoxy groups -OCH3 is 1. The van der Waals surface area contributed by atoms with Gasteiger partial charge in [0.25, 0.3) is 0 Å². The molecule has 0 bridgehead atoms.